The zero-order valence-corrected chi connectivity index (χ0v) is 19.5. The highest BCUT2D eigenvalue weighted by Crippen LogP contribution is 2.41. The Balaban J connectivity index is 2.15. The number of carboxylic acid groups (broad SMARTS) is 2. The highest BCUT2D eigenvalue weighted by atomic mass is 16.4. The van der Waals surface area contributed by atoms with Crippen molar-refractivity contribution in [3.05, 3.63) is 0 Å². The fourth-order valence-electron chi connectivity index (χ4n) is 6.33. The number of nitrogens with one attached hydrogen (secondary N) is 1. The van der Waals surface area contributed by atoms with E-state index in [1.165, 1.54) is 0 Å². The molecule has 0 aromatic heterocycles. The van der Waals surface area contributed by atoms with Crippen molar-refractivity contribution in [2.45, 2.75) is 115 Å². The molecule has 0 amide bonds. The quantitative estimate of drug-likeness (QED) is 0.619. The van der Waals surface area contributed by atoms with Crippen molar-refractivity contribution in [2.24, 2.45) is 0 Å². The summed E-state index contributed by atoms with van der Waals surface area (Å²) < 4.78 is 0. The zero-order valence-electron chi connectivity index (χ0n) is 19.5. The smallest absolute Gasteiger partial charge is 0.317 e. The Kier molecular flexibility index (Phi) is 6.50. The van der Waals surface area contributed by atoms with E-state index in [-0.39, 0.29) is 35.2 Å². The minimum Gasteiger partial charge on any atom is -0.480 e. The highest BCUT2D eigenvalue weighted by molar-refractivity contribution is 5.69. The minimum atomic E-state index is -0.785. The predicted molar refractivity (Wildman–Crippen MR) is 114 cm³/mol. The maximum atomic E-state index is 11.4. The van der Waals surface area contributed by atoms with Crippen molar-refractivity contribution >= 4 is 11.9 Å². The number of nitrogens with zero attached hydrogens (tertiary/aromatic N) is 2. The number of rotatable bonds is 6. The van der Waals surface area contributed by atoms with Gasteiger partial charge in [-0.1, -0.05) is 0 Å². The predicted octanol–water partition coefficient (Wildman–Crippen LogP) is 2.79. The number of carbonyl (C=O) groups is 2. The molecule has 2 fully saturated rings. The Hall–Kier alpha value is -1.18. The van der Waals surface area contributed by atoms with Gasteiger partial charge in [-0.25, -0.2) is 0 Å². The first-order valence-electron chi connectivity index (χ1n) is 10.7. The van der Waals surface area contributed by atoms with Gasteiger partial charge in [-0.15, -0.1) is 0 Å². The lowest BCUT2D eigenvalue weighted by Crippen LogP contribution is -2.68. The fraction of sp³-hybridized carbons (Fsp3) is 0.909. The summed E-state index contributed by atoms with van der Waals surface area (Å²) in [4.78, 5) is 27.0. The molecule has 0 bridgehead atoms. The van der Waals surface area contributed by atoms with Crippen molar-refractivity contribution in [1.29, 1.82) is 0 Å². The van der Waals surface area contributed by atoms with Crippen molar-refractivity contribution in [1.82, 2.24) is 15.1 Å². The standard InChI is InChI=1S/C22H41N3O4/c1-19(2)9-15(10-20(3,4)24(19)13-17(26)27)23-16-11-21(5,6)25(14-18(28)29)22(7,8)12-16/h15-16,23H,9-14H2,1-8H3,(H,26,27)(H,28,29). The molecular weight excluding hydrogens is 370 g/mol. The lowest BCUT2D eigenvalue weighted by Gasteiger charge is -2.58. The molecule has 0 aromatic rings. The molecule has 2 saturated heterocycles. The molecule has 0 aliphatic carbocycles. The van der Waals surface area contributed by atoms with Gasteiger partial charge in [0, 0.05) is 34.2 Å². The molecule has 3 N–H and O–H groups in total. The molecule has 0 saturated carbocycles. The summed E-state index contributed by atoms with van der Waals surface area (Å²) >= 11 is 0. The van der Waals surface area contributed by atoms with Gasteiger partial charge in [-0.3, -0.25) is 19.4 Å². The Morgan fingerprint density at radius 1 is 0.690 bits per heavy atom. The molecule has 0 radical (unpaired) electrons. The summed E-state index contributed by atoms with van der Waals surface area (Å²) in [7, 11) is 0. The third kappa shape index (κ3) is 5.50. The van der Waals surface area contributed by atoms with Crippen LogP contribution in [0, 0.1) is 0 Å². The van der Waals surface area contributed by atoms with E-state index in [9.17, 15) is 19.8 Å². The first-order chi connectivity index (χ1) is 13.0. The number of piperidine rings is 2. The zero-order chi connectivity index (χ0) is 22.4. The van der Waals surface area contributed by atoms with Crippen LogP contribution < -0.4 is 5.32 Å². The van der Waals surface area contributed by atoms with Crippen LogP contribution in [0.15, 0.2) is 0 Å². The van der Waals surface area contributed by atoms with Gasteiger partial charge in [0.15, 0.2) is 0 Å². The van der Waals surface area contributed by atoms with Crippen molar-refractivity contribution in [3.63, 3.8) is 0 Å². The third-order valence-electron chi connectivity index (χ3n) is 6.96. The van der Waals surface area contributed by atoms with E-state index in [1.54, 1.807) is 0 Å². The Labute approximate surface area is 175 Å². The molecule has 168 valence electrons. The van der Waals surface area contributed by atoms with Gasteiger partial charge >= 0.3 is 11.9 Å². The van der Waals surface area contributed by atoms with Crippen LogP contribution in [0.4, 0.5) is 0 Å². The maximum Gasteiger partial charge on any atom is 0.317 e. The van der Waals surface area contributed by atoms with Gasteiger partial charge in [0.05, 0.1) is 13.1 Å². The van der Waals surface area contributed by atoms with Gasteiger partial charge in [0.1, 0.15) is 0 Å². The average molecular weight is 412 g/mol. The van der Waals surface area contributed by atoms with E-state index in [1.807, 2.05) is 0 Å². The van der Waals surface area contributed by atoms with Gasteiger partial charge in [-0.05, 0) is 81.1 Å². The maximum absolute atomic E-state index is 11.4. The molecule has 0 aromatic carbocycles. The monoisotopic (exact) mass is 411 g/mol. The van der Waals surface area contributed by atoms with Crippen LogP contribution in [0.5, 0.6) is 0 Å². The summed E-state index contributed by atoms with van der Waals surface area (Å²) in [5.74, 6) is -1.57. The fourth-order valence-corrected chi connectivity index (χ4v) is 6.33. The summed E-state index contributed by atoms with van der Waals surface area (Å²) in [6, 6.07) is 0.598. The molecule has 2 aliphatic heterocycles. The molecule has 0 unspecified atom stereocenters. The number of likely N-dealkylation sites (tertiary alicyclic amines) is 2. The minimum absolute atomic E-state index is 0.0559. The number of carboxylic acids is 2. The van der Waals surface area contributed by atoms with E-state index in [0.29, 0.717) is 12.1 Å². The molecule has 2 heterocycles. The summed E-state index contributed by atoms with van der Waals surface area (Å²) in [5, 5.41) is 22.6. The Bertz CT molecular complexity index is 552. The van der Waals surface area contributed by atoms with Crippen LogP contribution in [0.1, 0.15) is 81.1 Å². The van der Waals surface area contributed by atoms with E-state index in [2.05, 4.69) is 70.5 Å². The summed E-state index contributed by atoms with van der Waals surface area (Å²) in [5.41, 5.74) is -0.862. The topological polar surface area (TPSA) is 93.1 Å². The number of hydrogen-bond acceptors (Lipinski definition) is 5. The first kappa shape index (κ1) is 24.1. The first-order valence-corrected chi connectivity index (χ1v) is 10.7. The summed E-state index contributed by atoms with van der Waals surface area (Å²) in [6.07, 6.45) is 3.56. The molecule has 2 aliphatic rings. The van der Waals surface area contributed by atoms with E-state index >= 15 is 0 Å². The van der Waals surface area contributed by atoms with Crippen LogP contribution in [0.3, 0.4) is 0 Å². The normalized spacial score (nSPS) is 27.6. The molecule has 2 rings (SSSR count). The Morgan fingerprint density at radius 2 is 0.931 bits per heavy atom. The second kappa shape index (κ2) is 7.82. The van der Waals surface area contributed by atoms with Crippen molar-refractivity contribution in [3.8, 4) is 0 Å². The molecule has 7 nitrogen and oxygen atoms in total. The largest absolute Gasteiger partial charge is 0.480 e. The van der Waals surface area contributed by atoms with Crippen LogP contribution in [0.25, 0.3) is 0 Å². The molecular formula is C22H41N3O4. The third-order valence-corrected chi connectivity index (χ3v) is 6.96. The van der Waals surface area contributed by atoms with Crippen LogP contribution in [-0.4, -0.2) is 79.3 Å². The molecule has 7 heteroatoms. The highest BCUT2D eigenvalue weighted by Gasteiger charge is 2.49. The lowest BCUT2D eigenvalue weighted by atomic mass is 9.74. The lowest BCUT2D eigenvalue weighted by molar-refractivity contribution is -0.146. The average Bonchev–Trinajstić information content (AvgIpc) is 2.45. The van der Waals surface area contributed by atoms with Gasteiger partial charge < -0.3 is 15.5 Å². The van der Waals surface area contributed by atoms with E-state index in [0.717, 1.165) is 25.7 Å². The number of hydrogen-bond donors (Lipinski definition) is 3. The molecule has 0 atom stereocenters. The van der Waals surface area contributed by atoms with Crippen LogP contribution in [-0.2, 0) is 9.59 Å². The van der Waals surface area contributed by atoms with E-state index < -0.39 is 11.9 Å². The second-order valence-corrected chi connectivity index (χ2v) is 11.6. The molecule has 29 heavy (non-hydrogen) atoms. The van der Waals surface area contributed by atoms with Crippen molar-refractivity contribution < 1.29 is 19.8 Å². The molecule has 0 spiro atoms. The van der Waals surface area contributed by atoms with E-state index in [4.69, 9.17) is 0 Å². The van der Waals surface area contributed by atoms with Gasteiger partial charge in [0.25, 0.3) is 0 Å². The summed E-state index contributed by atoms with van der Waals surface area (Å²) in [6.45, 7) is 17.2. The number of aliphatic carboxylic acids is 2. The van der Waals surface area contributed by atoms with Crippen LogP contribution in [0.2, 0.25) is 0 Å². The van der Waals surface area contributed by atoms with Gasteiger partial charge in [0.2, 0.25) is 0 Å². The van der Waals surface area contributed by atoms with Crippen LogP contribution >= 0.6 is 0 Å². The van der Waals surface area contributed by atoms with Gasteiger partial charge in [-0.2, -0.15) is 0 Å². The van der Waals surface area contributed by atoms with Crippen molar-refractivity contribution in [2.75, 3.05) is 13.1 Å². The Morgan fingerprint density at radius 3 is 1.14 bits per heavy atom. The second-order valence-electron chi connectivity index (χ2n) is 11.6. The SMILES string of the molecule is CC1(C)CC(NC2CC(C)(C)N(CC(=O)O)C(C)(C)C2)CC(C)(C)N1CC(=O)O.